The third-order valence-electron chi connectivity index (χ3n) is 3.95. The first-order valence-corrected chi connectivity index (χ1v) is 8.48. The fourth-order valence-corrected chi connectivity index (χ4v) is 3.43. The van der Waals surface area contributed by atoms with Crippen molar-refractivity contribution in [2.45, 2.75) is 33.4 Å². The number of carbonyl (C=O) groups excluding carboxylic acids is 1. The van der Waals surface area contributed by atoms with Crippen molar-refractivity contribution >= 4 is 27.5 Å². The summed E-state index contributed by atoms with van der Waals surface area (Å²) in [4.78, 5) is 34.7. The van der Waals surface area contributed by atoms with Crippen LogP contribution in [0.25, 0.3) is 10.2 Å². The average molecular weight is 342 g/mol. The van der Waals surface area contributed by atoms with Crippen LogP contribution in [0.5, 0.6) is 0 Å². The Kier molecular flexibility index (Phi) is 4.71. The second kappa shape index (κ2) is 6.92. The van der Waals surface area contributed by atoms with Crippen LogP contribution in [0.4, 0.5) is 0 Å². The Labute approximate surface area is 143 Å². The number of fused-ring (bicyclic) bond motifs is 1. The molecular formula is C17H18N4O2S. The van der Waals surface area contributed by atoms with E-state index in [4.69, 9.17) is 0 Å². The summed E-state index contributed by atoms with van der Waals surface area (Å²) in [5.74, 6) is -0.107. The van der Waals surface area contributed by atoms with E-state index in [0.29, 0.717) is 18.5 Å². The molecule has 7 heteroatoms. The van der Waals surface area contributed by atoms with Gasteiger partial charge in [-0.05, 0) is 31.0 Å². The van der Waals surface area contributed by atoms with Crippen molar-refractivity contribution in [3.05, 3.63) is 57.2 Å². The lowest BCUT2D eigenvalue weighted by atomic mass is 10.2. The molecule has 3 aromatic rings. The van der Waals surface area contributed by atoms with Crippen LogP contribution < -0.4 is 10.9 Å². The molecule has 0 aliphatic carbocycles. The Balaban J connectivity index is 1.65. The van der Waals surface area contributed by atoms with Crippen LogP contribution in [0.3, 0.4) is 0 Å². The molecule has 0 spiro atoms. The van der Waals surface area contributed by atoms with E-state index in [2.05, 4.69) is 15.3 Å². The molecule has 0 aliphatic rings. The number of nitrogens with zero attached hydrogens (tertiary/aromatic N) is 3. The number of rotatable bonds is 5. The fraction of sp³-hybridized carbons (Fsp3) is 0.294. The van der Waals surface area contributed by atoms with Crippen molar-refractivity contribution in [1.82, 2.24) is 19.9 Å². The minimum absolute atomic E-state index is 0.0816. The van der Waals surface area contributed by atoms with Crippen LogP contribution in [0.15, 0.2) is 35.6 Å². The van der Waals surface area contributed by atoms with Crippen LogP contribution in [0, 0.1) is 13.8 Å². The summed E-state index contributed by atoms with van der Waals surface area (Å²) in [7, 11) is 0. The fourth-order valence-electron chi connectivity index (χ4n) is 2.44. The summed E-state index contributed by atoms with van der Waals surface area (Å²) < 4.78 is 1.51. The van der Waals surface area contributed by atoms with Crippen LogP contribution in [-0.2, 0) is 17.9 Å². The summed E-state index contributed by atoms with van der Waals surface area (Å²) in [5.41, 5.74) is 1.83. The van der Waals surface area contributed by atoms with E-state index < -0.39 is 0 Å². The molecule has 6 nitrogen and oxygen atoms in total. The van der Waals surface area contributed by atoms with E-state index in [1.54, 1.807) is 12.4 Å². The minimum Gasteiger partial charge on any atom is -0.352 e. The van der Waals surface area contributed by atoms with Crippen molar-refractivity contribution in [2.75, 3.05) is 0 Å². The highest BCUT2D eigenvalue weighted by atomic mass is 32.1. The van der Waals surface area contributed by atoms with Gasteiger partial charge in [-0.15, -0.1) is 11.3 Å². The summed E-state index contributed by atoms with van der Waals surface area (Å²) in [6.07, 6.45) is 5.16. The van der Waals surface area contributed by atoms with Gasteiger partial charge in [-0.2, -0.15) is 0 Å². The van der Waals surface area contributed by atoms with E-state index in [1.807, 2.05) is 26.0 Å². The number of hydrogen-bond acceptors (Lipinski definition) is 5. The highest BCUT2D eigenvalue weighted by Crippen LogP contribution is 2.25. The van der Waals surface area contributed by atoms with Gasteiger partial charge in [0, 0.05) is 36.8 Å². The summed E-state index contributed by atoms with van der Waals surface area (Å²) in [5, 5.41) is 3.49. The lowest BCUT2D eigenvalue weighted by Gasteiger charge is -2.07. The first-order valence-electron chi connectivity index (χ1n) is 7.67. The number of hydrogen-bond donors (Lipinski definition) is 1. The monoisotopic (exact) mass is 342 g/mol. The van der Waals surface area contributed by atoms with Crippen molar-refractivity contribution in [2.24, 2.45) is 0 Å². The van der Waals surface area contributed by atoms with Gasteiger partial charge in [0.05, 0.1) is 11.7 Å². The third kappa shape index (κ3) is 3.35. The van der Waals surface area contributed by atoms with Crippen LogP contribution in [-0.4, -0.2) is 20.4 Å². The standard InChI is InChI=1S/C17H18N4O2S/c1-11-12(2)24-16-15(11)17(23)21(10-20-16)7-5-14(22)19-9-13-4-3-6-18-8-13/h3-4,6,8,10H,5,7,9H2,1-2H3,(H,19,22). The lowest BCUT2D eigenvalue weighted by Crippen LogP contribution is -2.27. The number of aromatic nitrogens is 3. The number of thiophene rings is 1. The van der Waals surface area contributed by atoms with Crippen molar-refractivity contribution < 1.29 is 4.79 Å². The highest BCUT2D eigenvalue weighted by Gasteiger charge is 2.12. The number of pyridine rings is 1. The molecule has 1 N–H and O–H groups in total. The maximum Gasteiger partial charge on any atom is 0.262 e. The van der Waals surface area contributed by atoms with E-state index >= 15 is 0 Å². The molecule has 124 valence electrons. The molecule has 3 aromatic heterocycles. The Bertz CT molecular complexity index is 931. The van der Waals surface area contributed by atoms with E-state index in [0.717, 1.165) is 20.8 Å². The number of carbonyl (C=O) groups is 1. The predicted octanol–water partition coefficient (Wildman–Crippen LogP) is 2.18. The topological polar surface area (TPSA) is 76.9 Å². The second-order valence-corrected chi connectivity index (χ2v) is 6.80. The first-order chi connectivity index (χ1) is 11.6. The molecule has 0 aromatic carbocycles. The van der Waals surface area contributed by atoms with E-state index in [-0.39, 0.29) is 17.9 Å². The second-order valence-electron chi connectivity index (χ2n) is 5.59. The Morgan fingerprint density at radius 2 is 2.21 bits per heavy atom. The zero-order chi connectivity index (χ0) is 17.1. The smallest absolute Gasteiger partial charge is 0.262 e. The molecule has 0 atom stereocenters. The maximum atomic E-state index is 12.5. The molecule has 1 amide bonds. The van der Waals surface area contributed by atoms with Crippen molar-refractivity contribution in [3.8, 4) is 0 Å². The first kappa shape index (κ1) is 16.3. The van der Waals surface area contributed by atoms with Gasteiger partial charge in [0.2, 0.25) is 5.91 Å². The number of amides is 1. The van der Waals surface area contributed by atoms with Crippen molar-refractivity contribution in [3.63, 3.8) is 0 Å². The zero-order valence-electron chi connectivity index (χ0n) is 13.6. The van der Waals surface area contributed by atoms with E-state index in [1.165, 1.54) is 22.2 Å². The number of aryl methyl sites for hydroxylation is 3. The van der Waals surface area contributed by atoms with Gasteiger partial charge in [-0.3, -0.25) is 19.1 Å². The van der Waals surface area contributed by atoms with E-state index in [9.17, 15) is 9.59 Å². The Morgan fingerprint density at radius 1 is 1.38 bits per heavy atom. The van der Waals surface area contributed by atoms with Crippen LogP contribution >= 0.6 is 11.3 Å². The zero-order valence-corrected chi connectivity index (χ0v) is 14.4. The normalized spacial score (nSPS) is 10.9. The lowest BCUT2D eigenvalue weighted by molar-refractivity contribution is -0.121. The number of nitrogens with one attached hydrogen (secondary N) is 1. The third-order valence-corrected chi connectivity index (χ3v) is 5.06. The molecule has 0 fully saturated rings. The van der Waals surface area contributed by atoms with Crippen LogP contribution in [0.1, 0.15) is 22.4 Å². The molecule has 0 bridgehead atoms. The molecule has 0 saturated heterocycles. The Hall–Kier alpha value is -2.54. The average Bonchev–Trinajstić information content (AvgIpc) is 2.88. The molecule has 0 aliphatic heterocycles. The molecule has 0 unspecified atom stereocenters. The van der Waals surface area contributed by atoms with Crippen molar-refractivity contribution in [1.29, 1.82) is 0 Å². The molecule has 0 saturated carbocycles. The van der Waals surface area contributed by atoms with Gasteiger partial charge in [0.25, 0.3) is 5.56 Å². The van der Waals surface area contributed by atoms with Gasteiger partial charge >= 0.3 is 0 Å². The van der Waals surface area contributed by atoms with Crippen LogP contribution in [0.2, 0.25) is 0 Å². The minimum atomic E-state index is -0.107. The largest absolute Gasteiger partial charge is 0.352 e. The molecule has 3 rings (SSSR count). The maximum absolute atomic E-state index is 12.5. The molecule has 0 radical (unpaired) electrons. The molecule has 24 heavy (non-hydrogen) atoms. The quantitative estimate of drug-likeness (QED) is 0.771. The SMILES string of the molecule is Cc1sc2ncn(CCC(=O)NCc3cccnc3)c(=O)c2c1C. The molecular weight excluding hydrogens is 324 g/mol. The molecule has 3 heterocycles. The summed E-state index contributed by atoms with van der Waals surface area (Å²) >= 11 is 1.52. The van der Waals surface area contributed by atoms with Gasteiger partial charge in [0.15, 0.2) is 0 Å². The van der Waals surface area contributed by atoms with Gasteiger partial charge < -0.3 is 5.32 Å². The summed E-state index contributed by atoms with van der Waals surface area (Å²) in [6, 6.07) is 3.73. The highest BCUT2D eigenvalue weighted by molar-refractivity contribution is 7.18. The van der Waals surface area contributed by atoms with Gasteiger partial charge in [0.1, 0.15) is 4.83 Å². The summed E-state index contributed by atoms with van der Waals surface area (Å²) in [6.45, 7) is 4.66. The van der Waals surface area contributed by atoms with Gasteiger partial charge in [-0.1, -0.05) is 6.07 Å². The Morgan fingerprint density at radius 3 is 2.96 bits per heavy atom. The van der Waals surface area contributed by atoms with Gasteiger partial charge in [-0.25, -0.2) is 4.98 Å². The predicted molar refractivity (Wildman–Crippen MR) is 94.1 cm³/mol.